The van der Waals surface area contributed by atoms with E-state index in [0.29, 0.717) is 0 Å². The van der Waals surface area contributed by atoms with Crippen molar-refractivity contribution in [3.63, 3.8) is 0 Å². The van der Waals surface area contributed by atoms with Crippen LogP contribution in [0, 0.1) is 11.8 Å². The Balaban J connectivity index is 1.68. The van der Waals surface area contributed by atoms with E-state index in [4.69, 9.17) is 0 Å². The van der Waals surface area contributed by atoms with Crippen molar-refractivity contribution in [2.24, 2.45) is 11.8 Å². The summed E-state index contributed by atoms with van der Waals surface area (Å²) in [4.78, 5) is 0. The van der Waals surface area contributed by atoms with Crippen LogP contribution in [0.2, 0.25) is 0 Å². The van der Waals surface area contributed by atoms with Crippen molar-refractivity contribution in [2.45, 2.75) is 70.3 Å². The predicted octanol–water partition coefficient (Wildman–Crippen LogP) is 3.74. The number of nitrogens with one attached hydrogen (secondary N) is 1. The Morgan fingerprint density at radius 1 is 0.867 bits per heavy atom. The molecule has 0 amide bonds. The van der Waals surface area contributed by atoms with Crippen LogP contribution in [0.15, 0.2) is 0 Å². The van der Waals surface area contributed by atoms with E-state index in [2.05, 4.69) is 12.4 Å². The molecule has 0 aromatic heterocycles. The van der Waals surface area contributed by atoms with Gasteiger partial charge in [0.1, 0.15) is 0 Å². The molecule has 0 heterocycles. The molecular formula is C14H27N. The van der Waals surface area contributed by atoms with Crippen LogP contribution in [0.5, 0.6) is 0 Å². The smallest absolute Gasteiger partial charge is 0.00693 e. The summed E-state index contributed by atoms with van der Waals surface area (Å²) in [5.74, 6) is 2.10. The summed E-state index contributed by atoms with van der Waals surface area (Å²) in [7, 11) is 2.16. The summed E-state index contributed by atoms with van der Waals surface area (Å²) in [5, 5.41) is 3.55. The SMILES string of the molecule is CNC(CC1CCCCC1)CC1CCC1. The molecule has 2 aliphatic rings. The van der Waals surface area contributed by atoms with Crippen molar-refractivity contribution >= 4 is 0 Å². The van der Waals surface area contributed by atoms with Gasteiger partial charge in [0, 0.05) is 6.04 Å². The van der Waals surface area contributed by atoms with Gasteiger partial charge in [0.05, 0.1) is 0 Å². The monoisotopic (exact) mass is 209 g/mol. The van der Waals surface area contributed by atoms with Crippen LogP contribution >= 0.6 is 0 Å². The zero-order chi connectivity index (χ0) is 10.5. The van der Waals surface area contributed by atoms with Crippen LogP contribution in [0.25, 0.3) is 0 Å². The third-order valence-electron chi connectivity index (χ3n) is 4.59. The van der Waals surface area contributed by atoms with Gasteiger partial charge in [0.15, 0.2) is 0 Å². The molecular weight excluding hydrogens is 182 g/mol. The van der Waals surface area contributed by atoms with Crippen molar-refractivity contribution in [3.05, 3.63) is 0 Å². The van der Waals surface area contributed by atoms with Gasteiger partial charge in [-0.3, -0.25) is 0 Å². The second kappa shape index (κ2) is 5.89. The molecule has 88 valence electrons. The average Bonchev–Trinajstić information content (AvgIpc) is 2.23. The fraction of sp³-hybridized carbons (Fsp3) is 1.00. The zero-order valence-electron chi connectivity index (χ0n) is 10.3. The van der Waals surface area contributed by atoms with E-state index in [-0.39, 0.29) is 0 Å². The van der Waals surface area contributed by atoms with E-state index in [1.165, 1.54) is 64.2 Å². The van der Waals surface area contributed by atoms with Gasteiger partial charge in [0.25, 0.3) is 0 Å². The summed E-state index contributed by atoms with van der Waals surface area (Å²) < 4.78 is 0. The third kappa shape index (κ3) is 3.48. The molecule has 0 spiro atoms. The lowest BCUT2D eigenvalue weighted by Crippen LogP contribution is -2.32. The molecule has 1 atom stereocenters. The van der Waals surface area contributed by atoms with Crippen molar-refractivity contribution in [1.29, 1.82) is 0 Å². The van der Waals surface area contributed by atoms with E-state index in [1.807, 2.05) is 0 Å². The first kappa shape index (κ1) is 11.4. The van der Waals surface area contributed by atoms with Crippen LogP contribution in [0.1, 0.15) is 64.2 Å². The van der Waals surface area contributed by atoms with E-state index in [1.54, 1.807) is 0 Å². The summed E-state index contributed by atoms with van der Waals surface area (Å²) >= 11 is 0. The first-order chi connectivity index (χ1) is 7.38. The highest BCUT2D eigenvalue weighted by atomic mass is 14.9. The molecule has 15 heavy (non-hydrogen) atoms. The minimum atomic E-state index is 0.818. The molecule has 1 unspecified atom stereocenters. The van der Waals surface area contributed by atoms with Gasteiger partial charge < -0.3 is 5.32 Å². The third-order valence-corrected chi connectivity index (χ3v) is 4.59. The molecule has 0 radical (unpaired) electrons. The highest BCUT2D eigenvalue weighted by molar-refractivity contribution is 4.79. The van der Waals surface area contributed by atoms with Gasteiger partial charge in [0.2, 0.25) is 0 Å². The molecule has 0 aromatic carbocycles. The van der Waals surface area contributed by atoms with Gasteiger partial charge >= 0.3 is 0 Å². The van der Waals surface area contributed by atoms with Crippen molar-refractivity contribution in [2.75, 3.05) is 7.05 Å². The summed E-state index contributed by atoms with van der Waals surface area (Å²) in [6.45, 7) is 0. The summed E-state index contributed by atoms with van der Waals surface area (Å²) in [6, 6.07) is 0.818. The highest BCUT2D eigenvalue weighted by Gasteiger charge is 2.24. The van der Waals surface area contributed by atoms with Gasteiger partial charge in [-0.15, -0.1) is 0 Å². The van der Waals surface area contributed by atoms with Crippen molar-refractivity contribution in [3.8, 4) is 0 Å². The van der Waals surface area contributed by atoms with Gasteiger partial charge in [-0.2, -0.15) is 0 Å². The first-order valence-electron chi connectivity index (χ1n) is 7.05. The maximum atomic E-state index is 3.55. The number of rotatable bonds is 5. The maximum Gasteiger partial charge on any atom is 0.00693 e. The Kier molecular flexibility index (Phi) is 4.49. The zero-order valence-corrected chi connectivity index (χ0v) is 10.3. The number of hydrogen-bond acceptors (Lipinski definition) is 1. The van der Waals surface area contributed by atoms with Crippen molar-refractivity contribution in [1.82, 2.24) is 5.32 Å². The Hall–Kier alpha value is -0.0400. The fourth-order valence-corrected chi connectivity index (χ4v) is 3.29. The quantitative estimate of drug-likeness (QED) is 0.727. The minimum Gasteiger partial charge on any atom is -0.317 e. The largest absolute Gasteiger partial charge is 0.317 e. The van der Waals surface area contributed by atoms with Gasteiger partial charge in [-0.05, 0) is 31.7 Å². The Bertz CT molecular complexity index is 168. The summed E-state index contributed by atoms with van der Waals surface area (Å²) in [6.07, 6.45) is 14.9. The minimum absolute atomic E-state index is 0.818. The molecule has 2 fully saturated rings. The van der Waals surface area contributed by atoms with E-state index >= 15 is 0 Å². The molecule has 1 heteroatoms. The van der Waals surface area contributed by atoms with Crippen LogP contribution in [-0.4, -0.2) is 13.1 Å². The molecule has 1 N–H and O–H groups in total. The first-order valence-corrected chi connectivity index (χ1v) is 7.05. The lowest BCUT2D eigenvalue weighted by atomic mass is 9.77. The Labute approximate surface area is 95.0 Å². The molecule has 2 rings (SSSR count). The maximum absolute atomic E-state index is 3.55. The summed E-state index contributed by atoms with van der Waals surface area (Å²) in [5.41, 5.74) is 0. The standard InChI is InChI=1S/C14H27N/c1-15-14(11-13-8-5-9-13)10-12-6-3-2-4-7-12/h12-15H,2-11H2,1H3. The van der Waals surface area contributed by atoms with E-state index < -0.39 is 0 Å². The molecule has 0 aromatic rings. The second-order valence-corrected chi connectivity index (χ2v) is 5.76. The molecule has 2 saturated carbocycles. The Morgan fingerprint density at radius 2 is 1.40 bits per heavy atom. The van der Waals surface area contributed by atoms with Gasteiger partial charge in [-0.25, -0.2) is 0 Å². The van der Waals surface area contributed by atoms with Crippen LogP contribution < -0.4 is 5.32 Å². The molecule has 0 saturated heterocycles. The van der Waals surface area contributed by atoms with Crippen LogP contribution in [-0.2, 0) is 0 Å². The fourth-order valence-electron chi connectivity index (χ4n) is 3.29. The predicted molar refractivity (Wildman–Crippen MR) is 66.0 cm³/mol. The second-order valence-electron chi connectivity index (χ2n) is 5.76. The Morgan fingerprint density at radius 3 is 1.80 bits per heavy atom. The van der Waals surface area contributed by atoms with Gasteiger partial charge in [-0.1, -0.05) is 51.4 Å². The van der Waals surface area contributed by atoms with Crippen LogP contribution in [0.4, 0.5) is 0 Å². The molecule has 2 aliphatic carbocycles. The lowest BCUT2D eigenvalue weighted by molar-refractivity contribution is 0.229. The van der Waals surface area contributed by atoms with E-state index in [0.717, 1.165) is 17.9 Å². The molecule has 0 aliphatic heterocycles. The number of hydrogen-bond donors (Lipinski definition) is 1. The molecule has 0 bridgehead atoms. The topological polar surface area (TPSA) is 12.0 Å². The van der Waals surface area contributed by atoms with Crippen LogP contribution in [0.3, 0.4) is 0 Å². The normalized spacial score (nSPS) is 26.2. The van der Waals surface area contributed by atoms with E-state index in [9.17, 15) is 0 Å². The molecule has 1 nitrogen and oxygen atoms in total. The lowest BCUT2D eigenvalue weighted by Gasteiger charge is -2.32. The average molecular weight is 209 g/mol. The van der Waals surface area contributed by atoms with Crippen molar-refractivity contribution < 1.29 is 0 Å². The highest BCUT2D eigenvalue weighted by Crippen LogP contribution is 2.33.